The fourth-order valence-electron chi connectivity index (χ4n) is 2.48. The molecule has 20 heavy (non-hydrogen) atoms. The molecular weight excluding hydrogens is 256 g/mol. The van der Waals surface area contributed by atoms with Crippen LogP contribution in [0, 0.1) is 0 Å². The van der Waals surface area contributed by atoms with Gasteiger partial charge in [0.2, 0.25) is 0 Å². The van der Waals surface area contributed by atoms with Crippen LogP contribution in [-0.2, 0) is 0 Å². The molecule has 3 N–H and O–H groups in total. The van der Waals surface area contributed by atoms with Gasteiger partial charge in [0.15, 0.2) is 0 Å². The Kier molecular flexibility index (Phi) is 3.56. The predicted molar refractivity (Wildman–Crippen MR) is 77.9 cm³/mol. The number of hydrogen-bond donors (Lipinski definition) is 2. The van der Waals surface area contributed by atoms with E-state index in [0.717, 1.165) is 19.6 Å². The molecule has 1 aromatic heterocycles. The number of rotatable bonds is 4. The van der Waals surface area contributed by atoms with Gasteiger partial charge in [-0.15, -0.1) is 0 Å². The lowest BCUT2D eigenvalue weighted by atomic mass is 10.2. The second kappa shape index (κ2) is 5.50. The molecule has 2 heterocycles. The van der Waals surface area contributed by atoms with Gasteiger partial charge < -0.3 is 10.5 Å². The topological polar surface area (TPSA) is 84.2 Å². The number of nitrogens with one attached hydrogen (secondary N) is 1. The maximum absolute atomic E-state index is 11.9. The average Bonchev–Trinajstić information content (AvgIpc) is 2.93. The van der Waals surface area contributed by atoms with Gasteiger partial charge in [-0.2, -0.15) is 4.98 Å². The van der Waals surface area contributed by atoms with Crippen LogP contribution in [0.1, 0.15) is 12.8 Å². The molecule has 1 aliphatic heterocycles. The monoisotopic (exact) mass is 274 g/mol. The van der Waals surface area contributed by atoms with E-state index in [9.17, 15) is 4.79 Å². The van der Waals surface area contributed by atoms with E-state index in [1.165, 1.54) is 12.8 Å². The summed E-state index contributed by atoms with van der Waals surface area (Å²) in [6, 6.07) is 5.34. The Morgan fingerprint density at radius 3 is 2.95 bits per heavy atom. The molecule has 0 atom stereocenters. The van der Waals surface area contributed by atoms with Crippen LogP contribution in [0.15, 0.2) is 23.0 Å². The Morgan fingerprint density at radius 1 is 1.35 bits per heavy atom. The minimum atomic E-state index is -0.224. The molecule has 0 saturated carbocycles. The number of ether oxygens (including phenoxy) is 1. The zero-order chi connectivity index (χ0) is 13.9. The minimum absolute atomic E-state index is 0.224. The summed E-state index contributed by atoms with van der Waals surface area (Å²) in [4.78, 5) is 21.2. The molecule has 1 aliphatic rings. The first-order valence-corrected chi connectivity index (χ1v) is 6.87. The quantitative estimate of drug-likeness (QED) is 0.812. The van der Waals surface area contributed by atoms with Crippen LogP contribution in [0.2, 0.25) is 0 Å². The molecular formula is C14H18N4O2. The summed E-state index contributed by atoms with van der Waals surface area (Å²) in [7, 11) is 0. The number of nitrogens with two attached hydrogens (primary N) is 1. The molecule has 1 fully saturated rings. The van der Waals surface area contributed by atoms with Crippen molar-refractivity contribution < 1.29 is 4.74 Å². The summed E-state index contributed by atoms with van der Waals surface area (Å²) in [5.74, 6) is 0. The molecule has 0 aliphatic carbocycles. The van der Waals surface area contributed by atoms with E-state index in [-0.39, 0.29) is 11.6 Å². The van der Waals surface area contributed by atoms with Gasteiger partial charge in [0, 0.05) is 12.2 Å². The lowest BCUT2D eigenvalue weighted by Gasteiger charge is -2.14. The number of hydrogen-bond acceptors (Lipinski definition) is 5. The fraction of sp³-hybridized carbons (Fsp3) is 0.429. The highest BCUT2D eigenvalue weighted by Gasteiger charge is 2.11. The van der Waals surface area contributed by atoms with Gasteiger partial charge in [-0.3, -0.25) is 14.7 Å². The van der Waals surface area contributed by atoms with E-state index >= 15 is 0 Å². The SMILES string of the molecule is Nc1ccc2nc(OCCN3CCCC3)[nH]c(=O)c2c1. The lowest BCUT2D eigenvalue weighted by Crippen LogP contribution is -2.25. The summed E-state index contributed by atoms with van der Waals surface area (Å²) in [5, 5.41) is 0.483. The molecule has 1 saturated heterocycles. The number of likely N-dealkylation sites (tertiary alicyclic amines) is 1. The van der Waals surface area contributed by atoms with Gasteiger partial charge in [0.1, 0.15) is 6.61 Å². The first-order valence-electron chi connectivity index (χ1n) is 6.87. The Morgan fingerprint density at radius 2 is 2.15 bits per heavy atom. The third-order valence-corrected chi connectivity index (χ3v) is 3.55. The van der Waals surface area contributed by atoms with Gasteiger partial charge >= 0.3 is 0 Å². The summed E-state index contributed by atoms with van der Waals surface area (Å²) >= 11 is 0. The fourth-order valence-corrected chi connectivity index (χ4v) is 2.48. The van der Waals surface area contributed by atoms with Crippen molar-refractivity contribution in [2.45, 2.75) is 12.8 Å². The standard InChI is InChI=1S/C14H18N4O2/c15-10-3-4-12-11(9-10)13(19)17-14(16-12)20-8-7-18-5-1-2-6-18/h3-4,9H,1-2,5-8,15H2,(H,16,17,19). The van der Waals surface area contributed by atoms with Gasteiger partial charge in [-0.1, -0.05) is 0 Å². The molecule has 0 unspecified atom stereocenters. The van der Waals surface area contributed by atoms with Crippen LogP contribution in [-0.4, -0.2) is 41.1 Å². The van der Waals surface area contributed by atoms with E-state index in [1.54, 1.807) is 18.2 Å². The number of nitrogens with zero attached hydrogens (tertiary/aromatic N) is 2. The van der Waals surface area contributed by atoms with E-state index in [1.807, 2.05) is 0 Å². The second-order valence-electron chi connectivity index (χ2n) is 5.04. The van der Waals surface area contributed by atoms with Gasteiger partial charge in [-0.25, -0.2) is 0 Å². The van der Waals surface area contributed by atoms with Gasteiger partial charge in [-0.05, 0) is 44.1 Å². The number of benzene rings is 1. The normalized spacial score (nSPS) is 15.8. The molecule has 0 bridgehead atoms. The van der Waals surface area contributed by atoms with Crippen LogP contribution >= 0.6 is 0 Å². The largest absolute Gasteiger partial charge is 0.463 e. The van der Waals surface area contributed by atoms with Gasteiger partial charge in [0.05, 0.1) is 10.9 Å². The van der Waals surface area contributed by atoms with Crippen LogP contribution in [0.4, 0.5) is 5.69 Å². The van der Waals surface area contributed by atoms with Crippen molar-refractivity contribution >= 4 is 16.6 Å². The van der Waals surface area contributed by atoms with E-state index < -0.39 is 0 Å². The Labute approximate surface area is 116 Å². The Bertz CT molecular complexity index is 662. The third kappa shape index (κ3) is 2.75. The lowest BCUT2D eigenvalue weighted by molar-refractivity contribution is 0.225. The van der Waals surface area contributed by atoms with Crippen molar-refractivity contribution in [1.29, 1.82) is 0 Å². The Balaban J connectivity index is 1.72. The summed E-state index contributed by atoms with van der Waals surface area (Å²) < 4.78 is 5.55. The molecule has 0 amide bonds. The van der Waals surface area contributed by atoms with Crippen molar-refractivity contribution in [3.05, 3.63) is 28.6 Å². The summed E-state index contributed by atoms with van der Waals surface area (Å²) in [6.45, 7) is 3.65. The smallest absolute Gasteiger partial charge is 0.297 e. The van der Waals surface area contributed by atoms with Gasteiger partial charge in [0.25, 0.3) is 11.6 Å². The maximum atomic E-state index is 11.9. The number of H-pyrrole nitrogens is 1. The van der Waals surface area contributed by atoms with Crippen LogP contribution in [0.25, 0.3) is 10.9 Å². The molecule has 6 nitrogen and oxygen atoms in total. The highest BCUT2D eigenvalue weighted by Crippen LogP contribution is 2.13. The molecule has 3 rings (SSSR count). The number of aromatic amines is 1. The second-order valence-corrected chi connectivity index (χ2v) is 5.04. The molecule has 106 valence electrons. The zero-order valence-electron chi connectivity index (χ0n) is 11.3. The predicted octanol–water partition coefficient (Wildman–Crippen LogP) is 0.980. The Hall–Kier alpha value is -2.08. The summed E-state index contributed by atoms with van der Waals surface area (Å²) in [5.41, 5.74) is 6.58. The van der Waals surface area contributed by atoms with E-state index in [2.05, 4.69) is 14.9 Å². The minimum Gasteiger partial charge on any atom is -0.463 e. The molecule has 6 heteroatoms. The number of aromatic nitrogens is 2. The third-order valence-electron chi connectivity index (χ3n) is 3.55. The average molecular weight is 274 g/mol. The van der Waals surface area contributed by atoms with E-state index in [0.29, 0.717) is 23.2 Å². The van der Waals surface area contributed by atoms with E-state index in [4.69, 9.17) is 10.5 Å². The molecule has 1 aromatic carbocycles. The van der Waals surface area contributed by atoms with Crippen molar-refractivity contribution in [3.63, 3.8) is 0 Å². The van der Waals surface area contributed by atoms with Crippen LogP contribution in [0.5, 0.6) is 6.01 Å². The zero-order valence-corrected chi connectivity index (χ0v) is 11.3. The highest BCUT2D eigenvalue weighted by atomic mass is 16.5. The van der Waals surface area contributed by atoms with Crippen molar-refractivity contribution in [2.24, 2.45) is 0 Å². The number of anilines is 1. The first-order chi connectivity index (χ1) is 9.72. The molecule has 0 spiro atoms. The van der Waals surface area contributed by atoms with Crippen LogP contribution in [0.3, 0.4) is 0 Å². The molecule has 0 radical (unpaired) electrons. The van der Waals surface area contributed by atoms with Crippen molar-refractivity contribution in [3.8, 4) is 6.01 Å². The van der Waals surface area contributed by atoms with Crippen molar-refractivity contribution in [1.82, 2.24) is 14.9 Å². The summed E-state index contributed by atoms with van der Waals surface area (Å²) in [6.07, 6.45) is 2.51. The molecule has 2 aromatic rings. The maximum Gasteiger partial charge on any atom is 0.297 e. The highest BCUT2D eigenvalue weighted by molar-refractivity contribution is 5.81. The van der Waals surface area contributed by atoms with Crippen molar-refractivity contribution in [2.75, 3.05) is 32.0 Å². The van der Waals surface area contributed by atoms with Crippen LogP contribution < -0.4 is 16.0 Å². The first kappa shape index (κ1) is 12.9. The number of nitrogen functional groups attached to an aromatic ring is 1. The number of fused-ring (bicyclic) bond motifs is 1.